The number of hydrogen-bond acceptors (Lipinski definition) is 10. The monoisotopic (exact) mass is 599 g/mol. The number of carboxylic acid groups (broad SMARTS) is 4. The van der Waals surface area contributed by atoms with Crippen molar-refractivity contribution in [2.75, 3.05) is 65.4 Å². The van der Waals surface area contributed by atoms with E-state index < -0.39 is 78.7 Å². The SMILES string of the molecule is CC(C)(CN1C(=O)C=CC1=O)CC(C)(C)NC(=O)CN(CCN(CCN(CC(=O)O)CC(=O)O)CC(=O)O)CC(=O)O. The number of rotatable bonds is 21. The Morgan fingerprint density at radius 1 is 0.667 bits per heavy atom. The van der Waals surface area contributed by atoms with Crippen LogP contribution < -0.4 is 5.32 Å². The normalized spacial score (nSPS) is 13.8. The lowest BCUT2D eigenvalue weighted by Crippen LogP contribution is -2.52. The van der Waals surface area contributed by atoms with Crippen molar-refractivity contribution >= 4 is 41.6 Å². The first-order valence-electron chi connectivity index (χ1n) is 13.2. The van der Waals surface area contributed by atoms with Crippen molar-refractivity contribution in [3.8, 4) is 0 Å². The van der Waals surface area contributed by atoms with Gasteiger partial charge in [0, 0.05) is 50.4 Å². The van der Waals surface area contributed by atoms with Crippen LogP contribution in [0.2, 0.25) is 0 Å². The van der Waals surface area contributed by atoms with Crippen LogP contribution in [0.4, 0.5) is 0 Å². The fourth-order valence-corrected chi connectivity index (χ4v) is 4.96. The van der Waals surface area contributed by atoms with Gasteiger partial charge in [-0.05, 0) is 25.7 Å². The summed E-state index contributed by atoms with van der Waals surface area (Å²) in [5.41, 5.74) is -1.37. The summed E-state index contributed by atoms with van der Waals surface area (Å²) in [4.78, 5) is 86.7. The molecular formula is C26H41N5O11. The Kier molecular flexibility index (Phi) is 13.7. The summed E-state index contributed by atoms with van der Waals surface area (Å²) in [6.07, 6.45) is 2.77. The second kappa shape index (κ2) is 15.9. The van der Waals surface area contributed by atoms with Gasteiger partial charge in [0.15, 0.2) is 0 Å². The lowest BCUT2D eigenvalue weighted by molar-refractivity contribution is -0.143. The number of amides is 3. The van der Waals surface area contributed by atoms with E-state index in [9.17, 15) is 43.8 Å². The van der Waals surface area contributed by atoms with Gasteiger partial charge in [0.05, 0.1) is 32.7 Å². The van der Waals surface area contributed by atoms with Gasteiger partial charge in [-0.2, -0.15) is 0 Å². The second-order valence-corrected chi connectivity index (χ2v) is 11.6. The quantitative estimate of drug-likeness (QED) is 0.0944. The molecule has 1 aliphatic rings. The molecule has 0 radical (unpaired) electrons. The summed E-state index contributed by atoms with van der Waals surface area (Å²) in [5, 5.41) is 39.5. The van der Waals surface area contributed by atoms with Crippen molar-refractivity contribution < 1.29 is 54.0 Å². The Bertz CT molecular complexity index is 1040. The molecule has 0 fully saturated rings. The number of nitrogens with zero attached hydrogens (tertiary/aromatic N) is 4. The van der Waals surface area contributed by atoms with Gasteiger partial charge < -0.3 is 25.7 Å². The zero-order valence-electron chi connectivity index (χ0n) is 24.4. The van der Waals surface area contributed by atoms with Gasteiger partial charge in [-0.1, -0.05) is 13.8 Å². The van der Waals surface area contributed by atoms with Crippen LogP contribution in [0, 0.1) is 5.41 Å². The summed E-state index contributed by atoms with van der Waals surface area (Å²) in [5.74, 6) is -6.22. The highest BCUT2D eigenvalue weighted by molar-refractivity contribution is 6.12. The molecule has 3 amide bonds. The molecule has 42 heavy (non-hydrogen) atoms. The number of carbonyl (C=O) groups excluding carboxylic acids is 3. The number of imide groups is 1. The Morgan fingerprint density at radius 3 is 1.43 bits per heavy atom. The summed E-state index contributed by atoms with van der Waals surface area (Å²) in [6.45, 7) is 4.81. The molecule has 236 valence electrons. The summed E-state index contributed by atoms with van der Waals surface area (Å²) in [6, 6.07) is 0. The first-order chi connectivity index (χ1) is 19.3. The molecular weight excluding hydrogens is 558 g/mol. The molecule has 0 saturated carbocycles. The molecule has 0 aliphatic carbocycles. The molecule has 16 heteroatoms. The molecule has 0 aromatic rings. The lowest BCUT2D eigenvalue weighted by atomic mass is 9.79. The van der Waals surface area contributed by atoms with E-state index in [1.165, 1.54) is 22.0 Å². The van der Waals surface area contributed by atoms with Gasteiger partial charge in [-0.25, -0.2) is 0 Å². The Hall–Kier alpha value is -3.89. The fraction of sp³-hybridized carbons (Fsp3) is 0.654. The molecule has 0 aromatic carbocycles. The van der Waals surface area contributed by atoms with Crippen molar-refractivity contribution in [1.82, 2.24) is 24.9 Å². The van der Waals surface area contributed by atoms with Crippen molar-refractivity contribution in [2.45, 2.75) is 39.7 Å². The van der Waals surface area contributed by atoms with Crippen LogP contribution >= 0.6 is 0 Å². The van der Waals surface area contributed by atoms with Crippen molar-refractivity contribution in [3.05, 3.63) is 12.2 Å². The molecule has 5 N–H and O–H groups in total. The number of carboxylic acids is 4. The van der Waals surface area contributed by atoms with E-state index in [1.807, 2.05) is 13.8 Å². The van der Waals surface area contributed by atoms with Crippen molar-refractivity contribution in [3.63, 3.8) is 0 Å². The van der Waals surface area contributed by atoms with Gasteiger partial charge >= 0.3 is 23.9 Å². The van der Waals surface area contributed by atoms with E-state index in [2.05, 4.69) is 5.32 Å². The fourth-order valence-electron chi connectivity index (χ4n) is 4.96. The first kappa shape index (κ1) is 36.1. The smallest absolute Gasteiger partial charge is 0.317 e. The zero-order chi connectivity index (χ0) is 32.3. The largest absolute Gasteiger partial charge is 0.480 e. The molecule has 1 aliphatic heterocycles. The minimum atomic E-state index is -1.25. The molecule has 16 nitrogen and oxygen atoms in total. The molecule has 0 aromatic heterocycles. The standard InChI is InChI=1S/C26H41N5O11/c1-25(2,17-31-19(33)5-6-20(31)34)16-26(3,4)27-18(32)11-29(13-22(37)38)9-7-28(12-21(35)36)8-10-30(14-23(39)40)15-24(41)42/h5-6H,7-17H2,1-4H3,(H,27,32)(H,35,36)(H,37,38)(H,39,40)(H,41,42). The molecule has 0 bridgehead atoms. The Balaban J connectivity index is 2.81. The third kappa shape index (κ3) is 14.7. The van der Waals surface area contributed by atoms with Crippen LogP contribution in [-0.2, 0) is 33.6 Å². The van der Waals surface area contributed by atoms with Crippen LogP contribution in [0.3, 0.4) is 0 Å². The first-order valence-corrected chi connectivity index (χ1v) is 13.2. The van der Waals surface area contributed by atoms with Crippen LogP contribution in [0.5, 0.6) is 0 Å². The van der Waals surface area contributed by atoms with E-state index in [4.69, 9.17) is 10.2 Å². The highest BCUT2D eigenvalue weighted by Gasteiger charge is 2.35. The van der Waals surface area contributed by atoms with Crippen molar-refractivity contribution in [1.29, 1.82) is 0 Å². The third-order valence-electron chi connectivity index (χ3n) is 6.15. The van der Waals surface area contributed by atoms with Gasteiger partial charge in [0.2, 0.25) is 5.91 Å². The number of carbonyl (C=O) groups is 7. The zero-order valence-corrected chi connectivity index (χ0v) is 24.4. The summed E-state index contributed by atoms with van der Waals surface area (Å²) >= 11 is 0. The minimum Gasteiger partial charge on any atom is -0.480 e. The molecule has 1 heterocycles. The Morgan fingerprint density at radius 2 is 1.02 bits per heavy atom. The van der Waals surface area contributed by atoms with Crippen LogP contribution in [0.1, 0.15) is 34.1 Å². The molecule has 0 spiro atoms. The highest BCUT2D eigenvalue weighted by atomic mass is 16.4. The molecule has 0 saturated heterocycles. The lowest BCUT2D eigenvalue weighted by Gasteiger charge is -2.37. The average molecular weight is 600 g/mol. The van der Waals surface area contributed by atoms with Crippen LogP contribution in [-0.4, -0.2) is 153 Å². The van der Waals surface area contributed by atoms with Gasteiger partial charge in [-0.15, -0.1) is 0 Å². The average Bonchev–Trinajstić information content (AvgIpc) is 3.09. The van der Waals surface area contributed by atoms with E-state index >= 15 is 0 Å². The van der Waals surface area contributed by atoms with Crippen LogP contribution in [0.25, 0.3) is 0 Å². The topological polar surface area (TPSA) is 225 Å². The van der Waals surface area contributed by atoms with E-state index in [-0.39, 0.29) is 39.3 Å². The second-order valence-electron chi connectivity index (χ2n) is 11.6. The number of aliphatic carboxylic acids is 4. The van der Waals surface area contributed by atoms with E-state index in [0.717, 1.165) is 9.80 Å². The molecule has 0 atom stereocenters. The number of nitrogens with one attached hydrogen (secondary N) is 1. The van der Waals surface area contributed by atoms with E-state index in [0.29, 0.717) is 6.42 Å². The maximum Gasteiger partial charge on any atom is 0.317 e. The van der Waals surface area contributed by atoms with Crippen LogP contribution in [0.15, 0.2) is 12.2 Å². The van der Waals surface area contributed by atoms with Gasteiger partial charge in [-0.3, -0.25) is 53.2 Å². The van der Waals surface area contributed by atoms with Crippen molar-refractivity contribution in [2.24, 2.45) is 5.41 Å². The molecule has 1 rings (SSSR count). The predicted octanol–water partition coefficient (Wildman–Crippen LogP) is -1.53. The predicted molar refractivity (Wildman–Crippen MR) is 146 cm³/mol. The summed E-state index contributed by atoms with van der Waals surface area (Å²) in [7, 11) is 0. The third-order valence-corrected chi connectivity index (χ3v) is 6.15. The minimum absolute atomic E-state index is 0.00317. The summed E-state index contributed by atoms with van der Waals surface area (Å²) < 4.78 is 0. The van der Waals surface area contributed by atoms with Gasteiger partial charge in [0.25, 0.3) is 11.8 Å². The Labute approximate surface area is 243 Å². The molecule has 0 unspecified atom stereocenters. The maximum absolute atomic E-state index is 12.9. The maximum atomic E-state index is 12.9. The van der Waals surface area contributed by atoms with E-state index in [1.54, 1.807) is 13.8 Å². The van der Waals surface area contributed by atoms with Gasteiger partial charge in [0.1, 0.15) is 0 Å². The highest BCUT2D eigenvalue weighted by Crippen LogP contribution is 2.30. The number of hydrogen-bond donors (Lipinski definition) is 5.